The molecule has 0 amide bonds. The molecule has 2 atom stereocenters. The van der Waals surface area contributed by atoms with Crippen molar-refractivity contribution < 1.29 is 14.6 Å². The predicted molar refractivity (Wildman–Crippen MR) is 75.4 cm³/mol. The van der Waals surface area contributed by atoms with Gasteiger partial charge in [0.15, 0.2) is 0 Å². The lowest BCUT2D eigenvalue weighted by Gasteiger charge is -2.24. The molecule has 0 saturated carbocycles. The molecule has 0 bridgehead atoms. The van der Waals surface area contributed by atoms with Crippen LogP contribution in [-0.2, 0) is 4.74 Å². The minimum Gasteiger partial charge on any atom is -0.494 e. The first-order valence-electron chi connectivity index (χ1n) is 7.32. The van der Waals surface area contributed by atoms with Gasteiger partial charge in [-0.05, 0) is 43.4 Å². The lowest BCUT2D eigenvalue weighted by Crippen LogP contribution is -2.21. The molecule has 1 aliphatic rings. The smallest absolute Gasteiger partial charge is 0.119 e. The van der Waals surface area contributed by atoms with Crippen molar-refractivity contribution in [2.24, 2.45) is 0 Å². The number of hydrogen-bond acceptors (Lipinski definition) is 3. The van der Waals surface area contributed by atoms with E-state index in [0.717, 1.165) is 43.8 Å². The van der Waals surface area contributed by atoms with Gasteiger partial charge >= 0.3 is 0 Å². The normalized spacial score (nSPS) is 21.1. The zero-order chi connectivity index (χ0) is 13.5. The third-order valence-corrected chi connectivity index (χ3v) is 3.50. The minimum absolute atomic E-state index is 0.208. The van der Waals surface area contributed by atoms with Crippen LogP contribution in [0.4, 0.5) is 0 Å². The molecule has 3 heteroatoms. The number of aliphatic hydroxyl groups excluding tert-OH is 1. The predicted octanol–water partition coefficient (Wildman–Crippen LogP) is 3.47. The van der Waals surface area contributed by atoms with E-state index in [1.807, 2.05) is 24.3 Å². The molecular weight excluding hydrogens is 240 g/mol. The monoisotopic (exact) mass is 264 g/mol. The molecule has 1 fully saturated rings. The van der Waals surface area contributed by atoms with Crippen LogP contribution < -0.4 is 4.74 Å². The second-order valence-corrected chi connectivity index (χ2v) is 5.16. The van der Waals surface area contributed by atoms with E-state index >= 15 is 0 Å². The fourth-order valence-electron chi connectivity index (χ4n) is 2.38. The zero-order valence-corrected chi connectivity index (χ0v) is 11.7. The molecule has 0 aliphatic carbocycles. The molecule has 1 N–H and O–H groups in total. The topological polar surface area (TPSA) is 38.7 Å². The van der Waals surface area contributed by atoms with Gasteiger partial charge in [0.25, 0.3) is 0 Å². The summed E-state index contributed by atoms with van der Waals surface area (Å²) >= 11 is 0. The van der Waals surface area contributed by atoms with E-state index in [1.54, 1.807) is 0 Å². The second-order valence-electron chi connectivity index (χ2n) is 5.16. The fraction of sp³-hybridized carbons (Fsp3) is 0.625. The second kappa shape index (κ2) is 7.51. The van der Waals surface area contributed by atoms with E-state index in [-0.39, 0.29) is 6.10 Å². The van der Waals surface area contributed by atoms with Crippen molar-refractivity contribution in [1.29, 1.82) is 0 Å². The molecule has 106 valence electrons. The molecule has 0 aromatic heterocycles. The Morgan fingerprint density at radius 3 is 2.74 bits per heavy atom. The van der Waals surface area contributed by atoms with Crippen molar-refractivity contribution in [3.05, 3.63) is 29.8 Å². The Morgan fingerprint density at radius 1 is 1.32 bits per heavy atom. The maximum absolute atomic E-state index is 10.2. The lowest BCUT2D eigenvalue weighted by molar-refractivity contribution is -0.0155. The van der Waals surface area contributed by atoms with E-state index in [9.17, 15) is 5.11 Å². The quantitative estimate of drug-likeness (QED) is 0.855. The maximum Gasteiger partial charge on any atom is 0.119 e. The maximum atomic E-state index is 10.2. The summed E-state index contributed by atoms with van der Waals surface area (Å²) in [5, 5.41) is 10.2. The van der Waals surface area contributed by atoms with Gasteiger partial charge in [0.1, 0.15) is 5.75 Å². The Labute approximate surface area is 115 Å². The summed E-state index contributed by atoms with van der Waals surface area (Å²) in [7, 11) is 0. The van der Waals surface area contributed by atoms with Gasteiger partial charge in [-0.25, -0.2) is 0 Å². The van der Waals surface area contributed by atoms with Crippen LogP contribution in [0.25, 0.3) is 0 Å². The first-order valence-corrected chi connectivity index (χ1v) is 7.32. The van der Waals surface area contributed by atoms with Crippen LogP contribution in [0, 0.1) is 0 Å². The molecule has 1 aromatic rings. The van der Waals surface area contributed by atoms with E-state index in [1.165, 1.54) is 6.42 Å². The van der Waals surface area contributed by atoms with Crippen LogP contribution in [-0.4, -0.2) is 24.4 Å². The Morgan fingerprint density at radius 2 is 2.11 bits per heavy atom. The van der Waals surface area contributed by atoms with Crippen molar-refractivity contribution in [2.75, 3.05) is 13.2 Å². The zero-order valence-electron chi connectivity index (χ0n) is 11.7. The third-order valence-electron chi connectivity index (χ3n) is 3.50. The van der Waals surface area contributed by atoms with Crippen LogP contribution in [0.5, 0.6) is 5.75 Å². The highest BCUT2D eigenvalue weighted by Crippen LogP contribution is 2.26. The number of benzene rings is 1. The fourth-order valence-corrected chi connectivity index (χ4v) is 2.38. The summed E-state index contributed by atoms with van der Waals surface area (Å²) in [4.78, 5) is 0. The first kappa shape index (κ1) is 14.4. The van der Waals surface area contributed by atoms with Crippen molar-refractivity contribution >= 4 is 0 Å². The lowest BCUT2D eigenvalue weighted by atomic mass is 9.99. The van der Waals surface area contributed by atoms with Crippen molar-refractivity contribution in [3.63, 3.8) is 0 Å². The van der Waals surface area contributed by atoms with Crippen LogP contribution in [0.1, 0.15) is 50.7 Å². The highest BCUT2D eigenvalue weighted by atomic mass is 16.5. The summed E-state index contributed by atoms with van der Waals surface area (Å²) in [6.45, 7) is 3.65. The molecule has 19 heavy (non-hydrogen) atoms. The average Bonchev–Trinajstić information content (AvgIpc) is 2.46. The Hall–Kier alpha value is -1.06. The van der Waals surface area contributed by atoms with Crippen LogP contribution in [0.3, 0.4) is 0 Å². The van der Waals surface area contributed by atoms with Gasteiger partial charge in [-0.1, -0.05) is 19.1 Å². The van der Waals surface area contributed by atoms with E-state index in [0.29, 0.717) is 6.42 Å². The molecular formula is C16H24O3. The van der Waals surface area contributed by atoms with Crippen LogP contribution in [0.15, 0.2) is 24.3 Å². The highest BCUT2D eigenvalue weighted by molar-refractivity contribution is 5.28. The molecule has 2 unspecified atom stereocenters. The summed E-state index contributed by atoms with van der Waals surface area (Å²) in [6, 6.07) is 7.74. The SMILES string of the molecule is CCCOc1ccc(C(O)CC2CCCCO2)cc1. The van der Waals surface area contributed by atoms with Crippen LogP contribution in [0.2, 0.25) is 0 Å². The van der Waals surface area contributed by atoms with Crippen LogP contribution >= 0.6 is 0 Å². The molecule has 2 rings (SSSR count). The molecule has 3 nitrogen and oxygen atoms in total. The minimum atomic E-state index is -0.441. The van der Waals surface area contributed by atoms with Crippen molar-refractivity contribution in [3.8, 4) is 5.75 Å². The number of rotatable bonds is 6. The van der Waals surface area contributed by atoms with E-state index in [4.69, 9.17) is 9.47 Å². The summed E-state index contributed by atoms with van der Waals surface area (Å²) in [6.07, 6.45) is 4.88. The largest absolute Gasteiger partial charge is 0.494 e. The molecule has 1 aliphatic heterocycles. The Bertz CT molecular complexity index is 355. The van der Waals surface area contributed by atoms with Gasteiger partial charge in [0.2, 0.25) is 0 Å². The highest BCUT2D eigenvalue weighted by Gasteiger charge is 2.19. The molecule has 1 aromatic carbocycles. The van der Waals surface area contributed by atoms with E-state index < -0.39 is 6.10 Å². The first-order chi connectivity index (χ1) is 9.29. The number of ether oxygens (including phenoxy) is 2. The van der Waals surface area contributed by atoms with Gasteiger partial charge in [0.05, 0.1) is 18.8 Å². The van der Waals surface area contributed by atoms with Gasteiger partial charge in [-0.2, -0.15) is 0 Å². The van der Waals surface area contributed by atoms with Gasteiger partial charge in [0, 0.05) is 13.0 Å². The number of hydrogen-bond donors (Lipinski definition) is 1. The molecule has 0 spiro atoms. The van der Waals surface area contributed by atoms with Gasteiger partial charge in [-0.3, -0.25) is 0 Å². The standard InChI is InChI=1S/C16H24O3/c1-2-10-18-14-8-6-13(7-9-14)16(17)12-15-5-3-4-11-19-15/h6-9,15-17H,2-5,10-12H2,1H3. The van der Waals surface area contributed by atoms with Gasteiger partial charge in [-0.15, -0.1) is 0 Å². The Kier molecular flexibility index (Phi) is 5.67. The molecule has 0 radical (unpaired) electrons. The van der Waals surface area contributed by atoms with E-state index in [2.05, 4.69) is 6.92 Å². The Balaban J connectivity index is 1.85. The molecule has 1 saturated heterocycles. The van der Waals surface area contributed by atoms with Crippen molar-refractivity contribution in [1.82, 2.24) is 0 Å². The summed E-state index contributed by atoms with van der Waals surface area (Å²) in [5.41, 5.74) is 0.943. The molecule has 1 heterocycles. The summed E-state index contributed by atoms with van der Waals surface area (Å²) in [5.74, 6) is 0.867. The number of aliphatic hydroxyl groups is 1. The third kappa shape index (κ3) is 4.51. The van der Waals surface area contributed by atoms with Crippen molar-refractivity contribution in [2.45, 2.75) is 51.2 Å². The van der Waals surface area contributed by atoms with Gasteiger partial charge < -0.3 is 14.6 Å². The summed E-state index contributed by atoms with van der Waals surface area (Å²) < 4.78 is 11.2. The average molecular weight is 264 g/mol.